The molecule has 2 rings (SSSR count). The monoisotopic (exact) mass is 372 g/mol. The Labute approximate surface area is 158 Å². The van der Waals surface area contributed by atoms with Gasteiger partial charge in [-0.05, 0) is 43.0 Å². The highest BCUT2D eigenvalue weighted by Gasteiger charge is 2.14. The van der Waals surface area contributed by atoms with Gasteiger partial charge in [0.1, 0.15) is 0 Å². The van der Waals surface area contributed by atoms with E-state index in [-0.39, 0.29) is 11.6 Å². The SMILES string of the molecule is COc1ccc(N(C)C(=O)CCCc2ccc([N+](=O)[O-])cc2C)cc1OC. The molecule has 144 valence electrons. The molecule has 0 fully saturated rings. The van der Waals surface area contributed by atoms with Gasteiger partial charge in [-0.3, -0.25) is 14.9 Å². The van der Waals surface area contributed by atoms with Crippen molar-refractivity contribution in [2.45, 2.75) is 26.2 Å². The predicted octanol–water partition coefficient (Wildman–Crippen LogP) is 3.91. The van der Waals surface area contributed by atoms with E-state index in [2.05, 4.69) is 0 Å². The minimum atomic E-state index is -0.404. The number of rotatable bonds is 8. The van der Waals surface area contributed by atoms with Crippen LogP contribution in [0.15, 0.2) is 36.4 Å². The number of amides is 1. The second-order valence-corrected chi connectivity index (χ2v) is 6.21. The van der Waals surface area contributed by atoms with Crippen LogP contribution in [-0.4, -0.2) is 32.1 Å². The van der Waals surface area contributed by atoms with Crippen LogP contribution < -0.4 is 14.4 Å². The van der Waals surface area contributed by atoms with E-state index >= 15 is 0 Å². The molecule has 1 amide bonds. The normalized spacial score (nSPS) is 10.4. The second kappa shape index (κ2) is 9.02. The molecule has 0 N–H and O–H groups in total. The molecule has 2 aromatic carbocycles. The van der Waals surface area contributed by atoms with Crippen LogP contribution in [0.1, 0.15) is 24.0 Å². The van der Waals surface area contributed by atoms with Crippen molar-refractivity contribution in [1.82, 2.24) is 0 Å². The molecule has 0 aromatic heterocycles. The van der Waals surface area contributed by atoms with Crippen LogP contribution in [0.4, 0.5) is 11.4 Å². The fourth-order valence-corrected chi connectivity index (χ4v) is 2.85. The average Bonchev–Trinajstić information content (AvgIpc) is 2.67. The van der Waals surface area contributed by atoms with Crippen molar-refractivity contribution in [3.63, 3.8) is 0 Å². The topological polar surface area (TPSA) is 81.9 Å². The number of carbonyl (C=O) groups excluding carboxylic acids is 1. The van der Waals surface area contributed by atoms with Crippen molar-refractivity contribution in [2.24, 2.45) is 0 Å². The van der Waals surface area contributed by atoms with E-state index in [1.807, 2.05) is 6.92 Å². The minimum absolute atomic E-state index is 0.0122. The molecule has 7 nitrogen and oxygen atoms in total. The summed E-state index contributed by atoms with van der Waals surface area (Å²) in [5.41, 5.74) is 2.69. The summed E-state index contributed by atoms with van der Waals surface area (Å²) in [5.74, 6) is 1.16. The number of nitrogens with zero attached hydrogens (tertiary/aromatic N) is 2. The molecule has 0 aliphatic carbocycles. The van der Waals surface area contributed by atoms with E-state index < -0.39 is 4.92 Å². The summed E-state index contributed by atoms with van der Waals surface area (Å²) in [6, 6.07) is 10.2. The number of anilines is 1. The second-order valence-electron chi connectivity index (χ2n) is 6.21. The summed E-state index contributed by atoms with van der Waals surface area (Å²) in [4.78, 5) is 24.5. The molecule has 27 heavy (non-hydrogen) atoms. The van der Waals surface area contributed by atoms with Gasteiger partial charge in [0.2, 0.25) is 5.91 Å². The average molecular weight is 372 g/mol. The van der Waals surface area contributed by atoms with Crippen LogP contribution >= 0.6 is 0 Å². The van der Waals surface area contributed by atoms with E-state index in [1.54, 1.807) is 56.5 Å². The highest BCUT2D eigenvalue weighted by atomic mass is 16.6. The molecule has 0 aliphatic rings. The molecule has 0 saturated heterocycles. The number of hydrogen-bond acceptors (Lipinski definition) is 5. The first-order valence-corrected chi connectivity index (χ1v) is 8.60. The fraction of sp³-hybridized carbons (Fsp3) is 0.350. The van der Waals surface area contributed by atoms with Gasteiger partial charge in [-0.15, -0.1) is 0 Å². The number of ether oxygens (including phenoxy) is 2. The zero-order valence-corrected chi connectivity index (χ0v) is 16.0. The number of nitro benzene ring substituents is 1. The molecule has 2 aromatic rings. The molecule has 0 spiro atoms. The Bertz CT molecular complexity index is 835. The molecule has 7 heteroatoms. The minimum Gasteiger partial charge on any atom is -0.493 e. The molecule has 0 radical (unpaired) electrons. The summed E-state index contributed by atoms with van der Waals surface area (Å²) in [7, 11) is 4.84. The van der Waals surface area contributed by atoms with Gasteiger partial charge in [-0.1, -0.05) is 6.07 Å². The number of non-ortho nitro benzene ring substituents is 1. The van der Waals surface area contributed by atoms with Crippen LogP contribution in [0.5, 0.6) is 11.5 Å². The zero-order chi connectivity index (χ0) is 20.0. The van der Waals surface area contributed by atoms with Crippen LogP contribution in [-0.2, 0) is 11.2 Å². The van der Waals surface area contributed by atoms with E-state index in [4.69, 9.17) is 9.47 Å². The van der Waals surface area contributed by atoms with Crippen LogP contribution in [0.3, 0.4) is 0 Å². The Morgan fingerprint density at radius 3 is 2.41 bits per heavy atom. The summed E-state index contributed by atoms with van der Waals surface area (Å²) in [6.45, 7) is 1.85. The van der Waals surface area contributed by atoms with E-state index in [9.17, 15) is 14.9 Å². The highest BCUT2D eigenvalue weighted by Crippen LogP contribution is 2.31. The van der Waals surface area contributed by atoms with Crippen molar-refractivity contribution in [1.29, 1.82) is 0 Å². The van der Waals surface area contributed by atoms with Crippen LogP contribution in [0.2, 0.25) is 0 Å². The zero-order valence-electron chi connectivity index (χ0n) is 16.0. The number of carbonyl (C=O) groups is 1. The Morgan fingerprint density at radius 1 is 1.11 bits per heavy atom. The lowest BCUT2D eigenvalue weighted by molar-refractivity contribution is -0.384. The van der Waals surface area contributed by atoms with E-state index in [0.29, 0.717) is 30.8 Å². The maximum absolute atomic E-state index is 12.5. The molecule has 0 aliphatic heterocycles. The first-order valence-electron chi connectivity index (χ1n) is 8.60. The van der Waals surface area contributed by atoms with Gasteiger partial charge in [0.25, 0.3) is 5.69 Å². The van der Waals surface area contributed by atoms with Gasteiger partial charge in [0.15, 0.2) is 11.5 Å². The highest BCUT2D eigenvalue weighted by molar-refractivity contribution is 5.93. The van der Waals surface area contributed by atoms with Gasteiger partial charge in [-0.2, -0.15) is 0 Å². The maximum atomic E-state index is 12.5. The summed E-state index contributed by atoms with van der Waals surface area (Å²) < 4.78 is 10.5. The van der Waals surface area contributed by atoms with Crippen molar-refractivity contribution in [2.75, 3.05) is 26.2 Å². The largest absolute Gasteiger partial charge is 0.493 e. The number of benzene rings is 2. The lowest BCUT2D eigenvalue weighted by atomic mass is 10.0. The smallest absolute Gasteiger partial charge is 0.269 e. The molecular weight excluding hydrogens is 348 g/mol. The van der Waals surface area contributed by atoms with Gasteiger partial charge in [0, 0.05) is 37.4 Å². The van der Waals surface area contributed by atoms with Crippen molar-refractivity contribution < 1.29 is 19.2 Å². The standard InChI is InChI=1S/C20H24N2O5/c1-14-12-17(22(24)25)9-8-15(14)6-5-7-20(23)21(2)16-10-11-18(26-3)19(13-16)27-4/h8-13H,5-7H2,1-4H3. The number of methoxy groups -OCH3 is 2. The van der Waals surface area contributed by atoms with Crippen molar-refractivity contribution >= 4 is 17.3 Å². The molecular formula is C20H24N2O5. The van der Waals surface area contributed by atoms with Crippen LogP contribution in [0, 0.1) is 17.0 Å². The Morgan fingerprint density at radius 2 is 1.81 bits per heavy atom. The predicted molar refractivity (Wildman–Crippen MR) is 104 cm³/mol. The maximum Gasteiger partial charge on any atom is 0.269 e. The summed E-state index contributed by atoms with van der Waals surface area (Å²) in [5, 5.41) is 10.8. The Balaban J connectivity index is 1.96. The third kappa shape index (κ3) is 4.97. The first-order chi connectivity index (χ1) is 12.9. The molecule has 0 bridgehead atoms. The Hall–Kier alpha value is -3.09. The van der Waals surface area contributed by atoms with Crippen LogP contribution in [0.25, 0.3) is 0 Å². The molecule has 0 unspecified atom stereocenters. The first kappa shape index (κ1) is 20.2. The third-order valence-corrected chi connectivity index (χ3v) is 4.50. The molecule has 0 heterocycles. The fourth-order valence-electron chi connectivity index (χ4n) is 2.85. The number of aryl methyl sites for hydroxylation is 2. The third-order valence-electron chi connectivity index (χ3n) is 4.50. The molecule has 0 saturated carbocycles. The lowest BCUT2D eigenvalue weighted by Crippen LogP contribution is -2.26. The lowest BCUT2D eigenvalue weighted by Gasteiger charge is -2.19. The van der Waals surface area contributed by atoms with E-state index in [0.717, 1.165) is 16.8 Å². The summed E-state index contributed by atoms with van der Waals surface area (Å²) >= 11 is 0. The van der Waals surface area contributed by atoms with Gasteiger partial charge in [-0.25, -0.2) is 0 Å². The van der Waals surface area contributed by atoms with Crippen molar-refractivity contribution in [3.8, 4) is 11.5 Å². The van der Waals surface area contributed by atoms with Gasteiger partial charge < -0.3 is 14.4 Å². The van der Waals surface area contributed by atoms with Gasteiger partial charge >= 0.3 is 0 Å². The quantitative estimate of drug-likeness (QED) is 0.518. The number of nitro groups is 1. The van der Waals surface area contributed by atoms with Crippen molar-refractivity contribution in [3.05, 3.63) is 57.6 Å². The van der Waals surface area contributed by atoms with Gasteiger partial charge in [0.05, 0.1) is 19.1 Å². The van der Waals surface area contributed by atoms with E-state index in [1.165, 1.54) is 6.07 Å². The summed E-state index contributed by atoms with van der Waals surface area (Å²) in [6.07, 6.45) is 1.73. The number of hydrogen-bond donors (Lipinski definition) is 0. The Kier molecular flexibility index (Phi) is 6.76. The molecule has 0 atom stereocenters.